The molecular weight excluding hydrogens is 340 g/mol. The van der Waals surface area contributed by atoms with Crippen LogP contribution in [0.25, 0.3) is 22.6 Å². The standard InChI is InChI=1S/C17H11ClN6O/c1-10-15(23-25-22-10)17-21-14-4-2-3-13(18)16(14)24(17)9-11-5-6-12(7-19)20-8-11/h2-6,8H,9H2,1H3. The topological polar surface area (TPSA) is 93.4 Å². The first-order chi connectivity index (χ1) is 12.2. The van der Waals surface area contributed by atoms with Crippen LogP contribution >= 0.6 is 11.6 Å². The highest BCUT2D eigenvalue weighted by atomic mass is 35.5. The van der Waals surface area contributed by atoms with Gasteiger partial charge >= 0.3 is 0 Å². The van der Waals surface area contributed by atoms with Crippen molar-refractivity contribution in [2.75, 3.05) is 0 Å². The average molecular weight is 351 g/mol. The van der Waals surface area contributed by atoms with E-state index in [-0.39, 0.29) is 0 Å². The fraction of sp³-hybridized carbons (Fsp3) is 0.118. The van der Waals surface area contributed by atoms with E-state index in [9.17, 15) is 0 Å². The maximum atomic E-state index is 8.89. The largest absolute Gasteiger partial charge is 0.317 e. The third kappa shape index (κ3) is 2.62. The number of fused-ring (bicyclic) bond motifs is 1. The summed E-state index contributed by atoms with van der Waals surface area (Å²) in [6.45, 7) is 2.28. The summed E-state index contributed by atoms with van der Waals surface area (Å²) in [5.74, 6) is 0.617. The van der Waals surface area contributed by atoms with Gasteiger partial charge in [0.2, 0.25) is 0 Å². The summed E-state index contributed by atoms with van der Waals surface area (Å²) < 4.78 is 6.78. The Morgan fingerprint density at radius 2 is 2.12 bits per heavy atom. The van der Waals surface area contributed by atoms with Gasteiger partial charge in [-0.3, -0.25) is 0 Å². The highest BCUT2D eigenvalue weighted by molar-refractivity contribution is 6.35. The lowest BCUT2D eigenvalue weighted by molar-refractivity contribution is 0.305. The molecule has 0 aliphatic heterocycles. The van der Waals surface area contributed by atoms with Gasteiger partial charge in [-0.1, -0.05) is 28.9 Å². The van der Waals surface area contributed by atoms with Crippen LogP contribution in [0.15, 0.2) is 41.2 Å². The molecule has 0 saturated carbocycles. The lowest BCUT2D eigenvalue weighted by Gasteiger charge is -2.09. The average Bonchev–Trinajstić information content (AvgIpc) is 3.20. The molecule has 7 nitrogen and oxygen atoms in total. The summed E-state index contributed by atoms with van der Waals surface area (Å²) in [7, 11) is 0. The van der Waals surface area contributed by atoms with Crippen molar-refractivity contribution < 1.29 is 4.63 Å². The van der Waals surface area contributed by atoms with E-state index in [0.29, 0.717) is 34.5 Å². The zero-order valence-corrected chi connectivity index (χ0v) is 13.9. The fourth-order valence-electron chi connectivity index (χ4n) is 2.68. The predicted molar refractivity (Wildman–Crippen MR) is 90.8 cm³/mol. The number of halogens is 1. The van der Waals surface area contributed by atoms with Gasteiger partial charge < -0.3 is 4.57 Å². The van der Waals surface area contributed by atoms with Gasteiger partial charge in [-0.05, 0) is 35.8 Å². The number of hydrogen-bond acceptors (Lipinski definition) is 6. The number of aryl methyl sites for hydroxylation is 1. The number of imidazole rings is 1. The monoisotopic (exact) mass is 350 g/mol. The summed E-state index contributed by atoms with van der Waals surface area (Å²) in [5.41, 5.74) is 4.04. The number of benzene rings is 1. The Hall–Kier alpha value is -3.24. The Bertz CT molecular complexity index is 1110. The SMILES string of the molecule is Cc1nonc1-c1nc2cccc(Cl)c2n1Cc1ccc(C#N)nc1. The molecule has 8 heteroatoms. The second-order valence-corrected chi connectivity index (χ2v) is 5.90. The summed E-state index contributed by atoms with van der Waals surface area (Å²) in [6.07, 6.45) is 1.67. The number of nitrogens with zero attached hydrogens (tertiary/aromatic N) is 6. The number of pyridine rings is 1. The molecule has 25 heavy (non-hydrogen) atoms. The van der Waals surface area contributed by atoms with Crippen molar-refractivity contribution in [2.24, 2.45) is 0 Å². The summed E-state index contributed by atoms with van der Waals surface area (Å²) >= 11 is 6.41. The molecule has 0 unspecified atom stereocenters. The summed E-state index contributed by atoms with van der Waals surface area (Å²) in [5, 5.41) is 17.3. The van der Waals surface area contributed by atoms with Crippen LogP contribution in [0.5, 0.6) is 0 Å². The molecule has 4 aromatic rings. The van der Waals surface area contributed by atoms with Crippen molar-refractivity contribution in [3.05, 3.63) is 58.5 Å². The molecule has 0 N–H and O–H groups in total. The molecule has 3 aromatic heterocycles. The third-order valence-corrected chi connectivity index (χ3v) is 4.17. The fourth-order valence-corrected chi connectivity index (χ4v) is 2.95. The molecule has 0 aliphatic carbocycles. The lowest BCUT2D eigenvalue weighted by atomic mass is 10.2. The smallest absolute Gasteiger partial charge is 0.173 e. The molecule has 3 heterocycles. The minimum Gasteiger partial charge on any atom is -0.317 e. The van der Waals surface area contributed by atoms with Gasteiger partial charge in [0.05, 0.1) is 22.6 Å². The molecule has 0 spiro atoms. The van der Waals surface area contributed by atoms with Gasteiger partial charge in [0.15, 0.2) is 11.5 Å². The maximum absolute atomic E-state index is 8.89. The van der Waals surface area contributed by atoms with Crippen molar-refractivity contribution in [1.29, 1.82) is 5.26 Å². The van der Waals surface area contributed by atoms with Crippen molar-refractivity contribution in [1.82, 2.24) is 24.8 Å². The summed E-state index contributed by atoms with van der Waals surface area (Å²) in [6, 6.07) is 11.1. The Labute approximate surface area is 147 Å². The Balaban J connectivity index is 1.91. The molecule has 0 amide bonds. The van der Waals surface area contributed by atoms with Crippen LogP contribution < -0.4 is 0 Å². The quantitative estimate of drug-likeness (QED) is 0.562. The van der Waals surface area contributed by atoms with Gasteiger partial charge in [0, 0.05) is 6.20 Å². The van der Waals surface area contributed by atoms with E-state index in [1.54, 1.807) is 19.2 Å². The highest BCUT2D eigenvalue weighted by Crippen LogP contribution is 2.30. The van der Waals surface area contributed by atoms with Crippen LogP contribution in [0.4, 0.5) is 0 Å². The first-order valence-electron chi connectivity index (χ1n) is 7.46. The molecule has 0 bridgehead atoms. The number of nitriles is 1. The van der Waals surface area contributed by atoms with Gasteiger partial charge in [0.25, 0.3) is 0 Å². The normalized spacial score (nSPS) is 10.9. The van der Waals surface area contributed by atoms with Crippen LogP contribution in [0, 0.1) is 18.3 Å². The lowest BCUT2D eigenvalue weighted by Crippen LogP contribution is -2.04. The molecule has 1 aromatic carbocycles. The minimum atomic E-state index is 0.369. The van der Waals surface area contributed by atoms with E-state index in [2.05, 4.69) is 20.3 Å². The first kappa shape index (κ1) is 15.3. The molecule has 122 valence electrons. The number of hydrogen-bond donors (Lipinski definition) is 0. The van der Waals surface area contributed by atoms with Crippen LogP contribution in [-0.2, 0) is 6.54 Å². The second kappa shape index (κ2) is 6.00. The molecule has 0 fully saturated rings. The van der Waals surface area contributed by atoms with Crippen molar-refractivity contribution in [2.45, 2.75) is 13.5 Å². The predicted octanol–water partition coefficient (Wildman–Crippen LogP) is 3.36. The first-order valence-corrected chi connectivity index (χ1v) is 7.84. The van der Waals surface area contributed by atoms with Crippen LogP contribution in [0.3, 0.4) is 0 Å². The Kier molecular flexibility index (Phi) is 3.67. The summed E-state index contributed by atoms with van der Waals surface area (Å²) in [4.78, 5) is 8.77. The second-order valence-electron chi connectivity index (χ2n) is 5.49. The van der Waals surface area contributed by atoms with E-state index in [0.717, 1.165) is 16.6 Å². The van der Waals surface area contributed by atoms with E-state index in [1.165, 1.54) is 0 Å². The van der Waals surface area contributed by atoms with Crippen molar-refractivity contribution >= 4 is 22.6 Å². The van der Waals surface area contributed by atoms with Gasteiger partial charge in [-0.15, -0.1) is 0 Å². The van der Waals surface area contributed by atoms with Crippen LogP contribution in [0.1, 0.15) is 17.0 Å². The van der Waals surface area contributed by atoms with Crippen molar-refractivity contribution in [3.8, 4) is 17.6 Å². The zero-order valence-electron chi connectivity index (χ0n) is 13.1. The number of aromatic nitrogens is 5. The van der Waals surface area contributed by atoms with Gasteiger partial charge in [-0.25, -0.2) is 14.6 Å². The molecule has 0 aliphatic rings. The zero-order chi connectivity index (χ0) is 17.4. The van der Waals surface area contributed by atoms with E-state index in [1.807, 2.05) is 34.9 Å². The molecular formula is C17H11ClN6O. The van der Waals surface area contributed by atoms with Crippen LogP contribution in [-0.4, -0.2) is 24.8 Å². The molecule has 0 atom stereocenters. The highest BCUT2D eigenvalue weighted by Gasteiger charge is 2.20. The molecule has 4 rings (SSSR count). The number of rotatable bonds is 3. The molecule has 0 saturated heterocycles. The van der Waals surface area contributed by atoms with E-state index >= 15 is 0 Å². The van der Waals surface area contributed by atoms with E-state index < -0.39 is 0 Å². The van der Waals surface area contributed by atoms with E-state index in [4.69, 9.17) is 21.5 Å². The Morgan fingerprint density at radius 3 is 2.80 bits per heavy atom. The van der Waals surface area contributed by atoms with Gasteiger partial charge in [0.1, 0.15) is 17.5 Å². The maximum Gasteiger partial charge on any atom is 0.173 e. The van der Waals surface area contributed by atoms with Gasteiger partial charge in [-0.2, -0.15) is 5.26 Å². The van der Waals surface area contributed by atoms with Crippen LogP contribution in [0.2, 0.25) is 5.02 Å². The third-order valence-electron chi connectivity index (χ3n) is 3.86. The Morgan fingerprint density at radius 1 is 1.24 bits per heavy atom. The minimum absolute atomic E-state index is 0.369. The number of para-hydroxylation sites is 1. The molecule has 0 radical (unpaired) electrons. The van der Waals surface area contributed by atoms with Crippen molar-refractivity contribution in [3.63, 3.8) is 0 Å².